The number of hydrogen-bond donors (Lipinski definition) is 1. The molecule has 0 saturated carbocycles. The Labute approximate surface area is 159 Å². The fourth-order valence-electron chi connectivity index (χ4n) is 3.44. The molecule has 3 rings (SSSR count). The second-order valence-corrected chi connectivity index (χ2v) is 8.49. The molecule has 0 aromatic carbocycles. The highest BCUT2D eigenvalue weighted by Crippen LogP contribution is 2.40. The van der Waals surface area contributed by atoms with E-state index in [2.05, 4.69) is 29.1 Å². The number of likely N-dealkylation sites (N-methyl/N-ethyl adjacent to an activating group) is 1. The van der Waals surface area contributed by atoms with Crippen LogP contribution in [-0.4, -0.2) is 60.7 Å². The average Bonchev–Trinajstić information content (AvgIpc) is 2.92. The summed E-state index contributed by atoms with van der Waals surface area (Å²) < 4.78 is 5.33. The van der Waals surface area contributed by atoms with E-state index in [-0.39, 0.29) is 5.97 Å². The van der Waals surface area contributed by atoms with E-state index in [1.165, 1.54) is 10.4 Å². The van der Waals surface area contributed by atoms with Crippen molar-refractivity contribution < 1.29 is 9.53 Å². The van der Waals surface area contributed by atoms with Crippen LogP contribution < -0.4 is 5.32 Å². The molecule has 1 aliphatic carbocycles. The standard InChI is InChI=1S/C18H27N3O2S2/c1-4-23-17(22)15-13-6-5-12(2)11-14(13)25-16(15)19-18(24)21-9-7-20(3)8-10-21/h12H,4-11H2,1-3H3,(H,19,24). The first kappa shape index (κ1) is 18.6. The highest BCUT2D eigenvalue weighted by molar-refractivity contribution is 7.80. The molecule has 2 aliphatic rings. The second kappa shape index (κ2) is 8.01. The summed E-state index contributed by atoms with van der Waals surface area (Å²) in [6.07, 6.45) is 3.11. The van der Waals surface area contributed by atoms with Crippen molar-refractivity contribution >= 4 is 39.6 Å². The van der Waals surface area contributed by atoms with Crippen molar-refractivity contribution in [3.8, 4) is 0 Å². The van der Waals surface area contributed by atoms with Crippen molar-refractivity contribution in [3.63, 3.8) is 0 Å². The topological polar surface area (TPSA) is 44.8 Å². The zero-order valence-electron chi connectivity index (χ0n) is 15.3. The number of nitrogens with zero attached hydrogens (tertiary/aromatic N) is 2. The largest absolute Gasteiger partial charge is 0.462 e. The summed E-state index contributed by atoms with van der Waals surface area (Å²) in [4.78, 5) is 18.4. The molecule has 1 saturated heterocycles. The predicted octanol–water partition coefficient (Wildman–Crippen LogP) is 2.99. The third-order valence-corrected chi connectivity index (χ3v) is 6.53. The average molecular weight is 382 g/mol. The smallest absolute Gasteiger partial charge is 0.341 e. The number of anilines is 1. The van der Waals surface area contributed by atoms with Crippen LogP contribution in [0, 0.1) is 5.92 Å². The number of esters is 1. The molecule has 1 aliphatic heterocycles. The zero-order chi connectivity index (χ0) is 18.0. The maximum Gasteiger partial charge on any atom is 0.341 e. The van der Waals surface area contributed by atoms with Gasteiger partial charge >= 0.3 is 5.97 Å². The minimum atomic E-state index is -0.224. The summed E-state index contributed by atoms with van der Waals surface area (Å²) in [7, 11) is 2.13. The van der Waals surface area contributed by atoms with Gasteiger partial charge in [-0.2, -0.15) is 0 Å². The second-order valence-electron chi connectivity index (χ2n) is 7.00. The van der Waals surface area contributed by atoms with Gasteiger partial charge in [0.05, 0.1) is 12.2 Å². The summed E-state index contributed by atoms with van der Waals surface area (Å²) in [5.41, 5.74) is 1.88. The number of piperazine rings is 1. The minimum absolute atomic E-state index is 0.224. The SMILES string of the molecule is CCOC(=O)c1c(NC(=S)N2CCN(C)CC2)sc2c1CCC(C)C2. The highest BCUT2D eigenvalue weighted by Gasteiger charge is 2.29. The minimum Gasteiger partial charge on any atom is -0.462 e. The predicted molar refractivity (Wildman–Crippen MR) is 107 cm³/mol. The Balaban J connectivity index is 1.82. The van der Waals surface area contributed by atoms with Crippen LogP contribution in [0.15, 0.2) is 0 Å². The molecule has 0 spiro atoms. The maximum atomic E-state index is 12.6. The number of fused-ring (bicyclic) bond motifs is 1. The molecule has 0 radical (unpaired) electrons. The number of carbonyl (C=O) groups excluding carboxylic acids is 1. The zero-order valence-corrected chi connectivity index (χ0v) is 16.9. The van der Waals surface area contributed by atoms with Gasteiger partial charge in [-0.05, 0) is 56.9 Å². The van der Waals surface area contributed by atoms with Gasteiger partial charge in [0.15, 0.2) is 5.11 Å². The Morgan fingerprint density at radius 1 is 1.36 bits per heavy atom. The first-order chi connectivity index (χ1) is 12.0. The summed E-state index contributed by atoms with van der Waals surface area (Å²) in [6, 6.07) is 0. The van der Waals surface area contributed by atoms with Crippen molar-refractivity contribution in [3.05, 3.63) is 16.0 Å². The summed E-state index contributed by atoms with van der Waals surface area (Å²) in [5.74, 6) is 0.442. The highest BCUT2D eigenvalue weighted by atomic mass is 32.1. The quantitative estimate of drug-likeness (QED) is 0.641. The fraction of sp³-hybridized carbons (Fsp3) is 0.667. The molecule has 1 N–H and O–H groups in total. The van der Waals surface area contributed by atoms with E-state index >= 15 is 0 Å². The van der Waals surface area contributed by atoms with Crippen LogP contribution in [0.25, 0.3) is 0 Å². The molecule has 0 bridgehead atoms. The van der Waals surface area contributed by atoms with Gasteiger partial charge in [0.25, 0.3) is 0 Å². The Bertz CT molecular complexity index is 651. The molecular weight excluding hydrogens is 354 g/mol. The van der Waals surface area contributed by atoms with Crippen LogP contribution in [0.1, 0.15) is 41.1 Å². The van der Waals surface area contributed by atoms with Gasteiger partial charge in [0, 0.05) is 31.1 Å². The van der Waals surface area contributed by atoms with E-state index in [4.69, 9.17) is 17.0 Å². The molecule has 1 unspecified atom stereocenters. The van der Waals surface area contributed by atoms with Gasteiger partial charge in [-0.3, -0.25) is 0 Å². The van der Waals surface area contributed by atoms with Crippen molar-refractivity contribution in [2.75, 3.05) is 45.2 Å². The fourth-order valence-corrected chi connectivity index (χ4v) is 5.19. The molecule has 5 nitrogen and oxygen atoms in total. The van der Waals surface area contributed by atoms with Crippen LogP contribution in [0.3, 0.4) is 0 Å². The van der Waals surface area contributed by atoms with Crippen LogP contribution >= 0.6 is 23.6 Å². The molecule has 25 heavy (non-hydrogen) atoms. The number of ether oxygens (including phenoxy) is 1. The first-order valence-electron chi connectivity index (χ1n) is 9.05. The molecule has 7 heteroatoms. The molecule has 2 heterocycles. The van der Waals surface area contributed by atoms with E-state index in [9.17, 15) is 4.79 Å². The number of thiocarbonyl (C=S) groups is 1. The molecule has 138 valence electrons. The van der Waals surface area contributed by atoms with Gasteiger partial charge in [-0.25, -0.2) is 4.79 Å². The number of rotatable bonds is 3. The third-order valence-electron chi connectivity index (χ3n) is 5.00. The van der Waals surface area contributed by atoms with Crippen molar-refractivity contribution in [2.24, 2.45) is 5.92 Å². The Hall–Kier alpha value is -1.18. The van der Waals surface area contributed by atoms with Crippen LogP contribution in [0.4, 0.5) is 5.00 Å². The maximum absolute atomic E-state index is 12.6. The summed E-state index contributed by atoms with van der Waals surface area (Å²) in [5, 5.41) is 4.94. The Morgan fingerprint density at radius 3 is 2.76 bits per heavy atom. The summed E-state index contributed by atoms with van der Waals surface area (Å²) >= 11 is 7.30. The number of hydrogen-bond acceptors (Lipinski definition) is 5. The summed E-state index contributed by atoms with van der Waals surface area (Å²) in [6.45, 7) is 8.35. The molecule has 1 aromatic heterocycles. The molecular formula is C18H27N3O2S2. The number of carbonyl (C=O) groups is 1. The van der Waals surface area contributed by atoms with Crippen molar-refractivity contribution in [1.82, 2.24) is 9.80 Å². The van der Waals surface area contributed by atoms with Gasteiger partial charge in [-0.15, -0.1) is 11.3 Å². The van der Waals surface area contributed by atoms with E-state index in [0.717, 1.165) is 50.4 Å². The van der Waals surface area contributed by atoms with E-state index < -0.39 is 0 Å². The van der Waals surface area contributed by atoms with E-state index in [1.54, 1.807) is 11.3 Å². The van der Waals surface area contributed by atoms with Gasteiger partial charge in [0.1, 0.15) is 5.00 Å². The monoisotopic (exact) mass is 381 g/mol. The van der Waals surface area contributed by atoms with Gasteiger partial charge in [0.2, 0.25) is 0 Å². The lowest BCUT2D eigenvalue weighted by atomic mass is 9.88. The molecule has 1 aromatic rings. The number of thiophene rings is 1. The van der Waals surface area contributed by atoms with Gasteiger partial charge < -0.3 is 19.9 Å². The lowest BCUT2D eigenvalue weighted by molar-refractivity contribution is 0.0526. The van der Waals surface area contributed by atoms with Crippen LogP contribution in [-0.2, 0) is 17.6 Å². The van der Waals surface area contributed by atoms with Crippen LogP contribution in [0.5, 0.6) is 0 Å². The van der Waals surface area contributed by atoms with E-state index in [0.29, 0.717) is 23.2 Å². The molecule has 1 fully saturated rings. The normalized spacial score (nSPS) is 20.9. The number of nitrogens with one attached hydrogen (secondary N) is 1. The Kier molecular flexibility index (Phi) is 5.96. The first-order valence-corrected chi connectivity index (χ1v) is 10.3. The van der Waals surface area contributed by atoms with Crippen molar-refractivity contribution in [1.29, 1.82) is 0 Å². The molecule has 0 amide bonds. The van der Waals surface area contributed by atoms with Gasteiger partial charge in [-0.1, -0.05) is 6.92 Å². The van der Waals surface area contributed by atoms with Crippen molar-refractivity contribution in [2.45, 2.75) is 33.1 Å². The van der Waals surface area contributed by atoms with E-state index in [1.807, 2.05) is 6.92 Å². The third kappa shape index (κ3) is 4.15. The lowest BCUT2D eigenvalue weighted by Gasteiger charge is -2.34. The van der Waals surface area contributed by atoms with Crippen LogP contribution in [0.2, 0.25) is 0 Å². The Morgan fingerprint density at radius 2 is 2.08 bits per heavy atom. The molecule has 1 atom stereocenters. The lowest BCUT2D eigenvalue weighted by Crippen LogP contribution is -2.48.